The molecule has 0 bridgehead atoms. The van der Waals surface area contributed by atoms with Crippen LogP contribution in [0.15, 0.2) is 18.2 Å². The summed E-state index contributed by atoms with van der Waals surface area (Å²) in [4.78, 5) is 22.2. The van der Waals surface area contributed by atoms with Crippen molar-refractivity contribution in [1.29, 1.82) is 0 Å². The maximum Gasteiger partial charge on any atom is 0.295 e. The summed E-state index contributed by atoms with van der Waals surface area (Å²) in [6.07, 6.45) is 4.74. The number of nitrogens with two attached hydrogens (primary N) is 1. The average molecular weight is 295 g/mol. The van der Waals surface area contributed by atoms with E-state index in [0.717, 1.165) is 44.2 Å². The number of halogens is 1. The quantitative estimate of drug-likeness (QED) is 0.659. The van der Waals surface area contributed by atoms with E-state index in [2.05, 4.69) is 5.32 Å². The van der Waals surface area contributed by atoms with Gasteiger partial charge in [0.1, 0.15) is 11.5 Å². The van der Waals surface area contributed by atoms with Gasteiger partial charge in [-0.1, -0.05) is 19.3 Å². The SMILES string of the molecule is NC1(CC(=O)Nc2ccc(F)cc2[N+](=O)[O-])CCCCC1. The van der Waals surface area contributed by atoms with Crippen molar-refractivity contribution in [2.24, 2.45) is 5.73 Å². The zero-order valence-electron chi connectivity index (χ0n) is 11.6. The molecule has 0 heterocycles. The Morgan fingerprint density at radius 3 is 2.67 bits per heavy atom. The lowest BCUT2D eigenvalue weighted by Gasteiger charge is -2.32. The number of nitrogens with zero attached hydrogens (tertiary/aromatic N) is 1. The lowest BCUT2D eigenvalue weighted by molar-refractivity contribution is -0.384. The maximum absolute atomic E-state index is 13.0. The van der Waals surface area contributed by atoms with E-state index in [-0.39, 0.29) is 18.0 Å². The first kappa shape index (κ1) is 15.4. The topological polar surface area (TPSA) is 98.3 Å². The summed E-state index contributed by atoms with van der Waals surface area (Å²) in [6.45, 7) is 0. The summed E-state index contributed by atoms with van der Waals surface area (Å²) in [5.41, 5.74) is 5.17. The second-order valence-electron chi connectivity index (χ2n) is 5.57. The fourth-order valence-electron chi connectivity index (χ4n) is 2.71. The van der Waals surface area contributed by atoms with E-state index in [1.807, 2.05) is 0 Å². The molecule has 1 aromatic rings. The van der Waals surface area contributed by atoms with Gasteiger partial charge in [-0.25, -0.2) is 4.39 Å². The molecular weight excluding hydrogens is 277 g/mol. The lowest BCUT2D eigenvalue weighted by Crippen LogP contribution is -2.44. The standard InChI is InChI=1S/C14H18FN3O3/c15-10-4-5-11(12(8-10)18(20)21)17-13(19)9-14(16)6-2-1-3-7-14/h4-5,8H,1-3,6-7,9,16H2,(H,17,19). The van der Waals surface area contributed by atoms with Crippen molar-refractivity contribution >= 4 is 17.3 Å². The van der Waals surface area contributed by atoms with Gasteiger partial charge < -0.3 is 11.1 Å². The minimum absolute atomic E-state index is 0.00851. The molecule has 2 rings (SSSR count). The Labute approximate surface area is 121 Å². The monoisotopic (exact) mass is 295 g/mol. The largest absolute Gasteiger partial charge is 0.325 e. The Morgan fingerprint density at radius 1 is 1.38 bits per heavy atom. The molecule has 21 heavy (non-hydrogen) atoms. The number of amides is 1. The molecule has 0 radical (unpaired) electrons. The average Bonchev–Trinajstić information content (AvgIpc) is 2.40. The number of hydrogen-bond acceptors (Lipinski definition) is 4. The Kier molecular flexibility index (Phi) is 4.52. The van der Waals surface area contributed by atoms with E-state index in [1.54, 1.807) is 0 Å². The van der Waals surface area contributed by atoms with Crippen molar-refractivity contribution in [3.05, 3.63) is 34.1 Å². The summed E-state index contributed by atoms with van der Waals surface area (Å²) >= 11 is 0. The van der Waals surface area contributed by atoms with Crippen molar-refractivity contribution in [1.82, 2.24) is 0 Å². The van der Waals surface area contributed by atoms with E-state index < -0.39 is 22.0 Å². The van der Waals surface area contributed by atoms with Crippen molar-refractivity contribution in [2.45, 2.75) is 44.1 Å². The van der Waals surface area contributed by atoms with Crippen LogP contribution in [0.3, 0.4) is 0 Å². The molecule has 1 saturated carbocycles. The molecule has 6 nitrogen and oxygen atoms in total. The molecule has 0 unspecified atom stereocenters. The van der Waals surface area contributed by atoms with Gasteiger partial charge in [0.05, 0.1) is 11.0 Å². The number of carbonyl (C=O) groups is 1. The first-order valence-corrected chi connectivity index (χ1v) is 6.92. The predicted molar refractivity (Wildman–Crippen MR) is 76.3 cm³/mol. The fourth-order valence-corrected chi connectivity index (χ4v) is 2.71. The number of carbonyl (C=O) groups excluding carboxylic acids is 1. The van der Waals surface area contributed by atoms with Crippen LogP contribution in [0.2, 0.25) is 0 Å². The Bertz CT molecular complexity index is 556. The normalized spacial score (nSPS) is 17.2. The molecule has 3 N–H and O–H groups in total. The number of rotatable bonds is 4. The van der Waals surface area contributed by atoms with Crippen LogP contribution in [0.1, 0.15) is 38.5 Å². The van der Waals surface area contributed by atoms with E-state index >= 15 is 0 Å². The van der Waals surface area contributed by atoms with Crippen LogP contribution in [-0.2, 0) is 4.79 Å². The maximum atomic E-state index is 13.0. The van der Waals surface area contributed by atoms with Crippen LogP contribution in [0.25, 0.3) is 0 Å². The molecule has 1 aromatic carbocycles. The van der Waals surface area contributed by atoms with Crippen LogP contribution >= 0.6 is 0 Å². The number of nitro benzene ring substituents is 1. The minimum atomic E-state index is -0.725. The van der Waals surface area contributed by atoms with E-state index in [1.165, 1.54) is 6.07 Å². The molecule has 0 saturated heterocycles. The first-order chi connectivity index (χ1) is 9.89. The predicted octanol–water partition coefficient (Wildman–Crippen LogP) is 2.72. The number of nitro groups is 1. The van der Waals surface area contributed by atoms with Gasteiger partial charge in [0.25, 0.3) is 5.69 Å². The zero-order valence-corrected chi connectivity index (χ0v) is 11.6. The summed E-state index contributed by atoms with van der Waals surface area (Å²) in [7, 11) is 0. The van der Waals surface area contributed by atoms with Crippen LogP contribution in [0.5, 0.6) is 0 Å². The highest BCUT2D eigenvalue weighted by Crippen LogP contribution is 2.30. The number of anilines is 1. The van der Waals surface area contributed by atoms with E-state index in [0.29, 0.717) is 0 Å². The fraction of sp³-hybridized carbons (Fsp3) is 0.500. The van der Waals surface area contributed by atoms with Crippen molar-refractivity contribution in [2.75, 3.05) is 5.32 Å². The highest BCUT2D eigenvalue weighted by molar-refractivity contribution is 5.93. The highest BCUT2D eigenvalue weighted by Gasteiger charge is 2.30. The number of benzene rings is 1. The smallest absolute Gasteiger partial charge is 0.295 e. The summed E-state index contributed by atoms with van der Waals surface area (Å²) in [5.74, 6) is -1.10. The van der Waals surface area contributed by atoms with Gasteiger partial charge in [-0.3, -0.25) is 14.9 Å². The third-order valence-electron chi connectivity index (χ3n) is 3.79. The first-order valence-electron chi connectivity index (χ1n) is 6.92. The highest BCUT2D eigenvalue weighted by atomic mass is 19.1. The van der Waals surface area contributed by atoms with Gasteiger partial charge in [-0.05, 0) is 25.0 Å². The number of nitrogens with one attached hydrogen (secondary N) is 1. The molecule has 1 aliphatic rings. The molecule has 7 heteroatoms. The van der Waals surface area contributed by atoms with Gasteiger partial charge in [-0.15, -0.1) is 0 Å². The molecular formula is C14H18FN3O3. The molecule has 114 valence electrons. The Hall–Kier alpha value is -2.02. The second kappa shape index (κ2) is 6.17. The molecule has 1 aliphatic carbocycles. The van der Waals surface area contributed by atoms with E-state index in [4.69, 9.17) is 5.73 Å². The summed E-state index contributed by atoms with van der Waals surface area (Å²) < 4.78 is 13.0. The molecule has 0 spiro atoms. The molecule has 1 amide bonds. The third kappa shape index (κ3) is 3.98. The third-order valence-corrected chi connectivity index (χ3v) is 3.79. The van der Waals surface area contributed by atoms with Crippen LogP contribution in [0.4, 0.5) is 15.8 Å². The van der Waals surface area contributed by atoms with E-state index in [9.17, 15) is 19.3 Å². The van der Waals surface area contributed by atoms with Crippen molar-refractivity contribution < 1.29 is 14.1 Å². The van der Waals surface area contributed by atoms with Crippen molar-refractivity contribution in [3.8, 4) is 0 Å². The van der Waals surface area contributed by atoms with Crippen LogP contribution in [0, 0.1) is 15.9 Å². The lowest BCUT2D eigenvalue weighted by atomic mass is 9.80. The van der Waals surface area contributed by atoms with Crippen LogP contribution in [-0.4, -0.2) is 16.4 Å². The van der Waals surface area contributed by atoms with Crippen LogP contribution < -0.4 is 11.1 Å². The second-order valence-corrected chi connectivity index (χ2v) is 5.57. The summed E-state index contributed by atoms with van der Waals surface area (Å²) in [6, 6.07) is 3.05. The minimum Gasteiger partial charge on any atom is -0.325 e. The summed E-state index contributed by atoms with van der Waals surface area (Å²) in [5, 5.41) is 13.3. The van der Waals surface area contributed by atoms with Gasteiger partial charge >= 0.3 is 0 Å². The Morgan fingerprint density at radius 2 is 2.05 bits per heavy atom. The molecule has 0 aromatic heterocycles. The number of hydrogen-bond donors (Lipinski definition) is 2. The van der Waals surface area contributed by atoms with Gasteiger partial charge in [0.2, 0.25) is 5.91 Å². The van der Waals surface area contributed by atoms with Gasteiger partial charge in [-0.2, -0.15) is 0 Å². The van der Waals surface area contributed by atoms with Crippen molar-refractivity contribution in [3.63, 3.8) is 0 Å². The van der Waals surface area contributed by atoms with Gasteiger partial charge in [0.15, 0.2) is 0 Å². The van der Waals surface area contributed by atoms with Gasteiger partial charge in [0, 0.05) is 12.0 Å². The molecule has 1 fully saturated rings. The zero-order chi connectivity index (χ0) is 15.5. The molecule has 0 aliphatic heterocycles. The molecule has 0 atom stereocenters. The Balaban J connectivity index is 2.07.